The van der Waals surface area contributed by atoms with Crippen LogP contribution >= 0.6 is 0 Å². The van der Waals surface area contributed by atoms with E-state index in [0.717, 1.165) is 23.4 Å². The van der Waals surface area contributed by atoms with Gasteiger partial charge >= 0.3 is 0 Å². The van der Waals surface area contributed by atoms with Crippen molar-refractivity contribution in [2.45, 2.75) is 26.8 Å². The molecule has 0 amide bonds. The third-order valence-corrected chi connectivity index (χ3v) is 2.84. The van der Waals surface area contributed by atoms with Crippen LogP contribution in [0.1, 0.15) is 23.7 Å². The van der Waals surface area contributed by atoms with Gasteiger partial charge in [0, 0.05) is 17.8 Å². The largest absolute Gasteiger partial charge is 0.439 e. The Labute approximate surface area is 108 Å². The van der Waals surface area contributed by atoms with E-state index >= 15 is 0 Å². The molecule has 0 aliphatic heterocycles. The highest BCUT2D eigenvalue weighted by atomic mass is 16.5. The molecule has 0 spiro atoms. The van der Waals surface area contributed by atoms with Gasteiger partial charge in [-0.1, -0.05) is 25.1 Å². The van der Waals surface area contributed by atoms with E-state index in [1.54, 1.807) is 0 Å². The first-order valence-corrected chi connectivity index (χ1v) is 6.16. The molecule has 0 saturated carbocycles. The molecule has 0 aliphatic rings. The number of pyridine rings is 1. The molecule has 0 fully saturated rings. The SMILES string of the molecule is CCc1ccc(Oc2nc(C)ccc2CN)cc1. The normalized spacial score (nSPS) is 10.4. The van der Waals surface area contributed by atoms with Crippen LogP contribution < -0.4 is 10.5 Å². The molecular formula is C15H18N2O. The number of hydrogen-bond donors (Lipinski definition) is 1. The third-order valence-electron chi connectivity index (χ3n) is 2.84. The van der Waals surface area contributed by atoms with Crippen LogP contribution in [0.25, 0.3) is 0 Å². The molecule has 0 unspecified atom stereocenters. The summed E-state index contributed by atoms with van der Waals surface area (Å²) in [6, 6.07) is 11.9. The number of nitrogens with two attached hydrogens (primary N) is 1. The number of benzene rings is 1. The maximum atomic E-state index is 5.79. The van der Waals surface area contributed by atoms with Crippen LogP contribution in [0.3, 0.4) is 0 Å². The zero-order chi connectivity index (χ0) is 13.0. The van der Waals surface area contributed by atoms with E-state index in [0.29, 0.717) is 12.4 Å². The molecule has 0 saturated heterocycles. The molecule has 2 N–H and O–H groups in total. The van der Waals surface area contributed by atoms with Crippen molar-refractivity contribution in [3.8, 4) is 11.6 Å². The standard InChI is InChI=1S/C15H18N2O/c1-3-12-5-8-14(9-6-12)18-15-13(10-16)7-4-11(2)17-15/h4-9H,3,10,16H2,1-2H3. The minimum atomic E-state index is 0.426. The maximum Gasteiger partial charge on any atom is 0.223 e. The number of rotatable bonds is 4. The number of hydrogen-bond acceptors (Lipinski definition) is 3. The van der Waals surface area contributed by atoms with Gasteiger partial charge in [-0.05, 0) is 37.1 Å². The van der Waals surface area contributed by atoms with Crippen molar-refractivity contribution in [1.29, 1.82) is 0 Å². The quantitative estimate of drug-likeness (QED) is 0.895. The number of aryl methyl sites for hydroxylation is 2. The van der Waals surface area contributed by atoms with Crippen LogP contribution in [0.5, 0.6) is 11.6 Å². The molecule has 0 aliphatic carbocycles. The lowest BCUT2D eigenvalue weighted by Gasteiger charge is -2.10. The van der Waals surface area contributed by atoms with E-state index < -0.39 is 0 Å². The molecule has 0 atom stereocenters. The second-order valence-corrected chi connectivity index (χ2v) is 4.22. The first-order chi connectivity index (χ1) is 8.72. The summed E-state index contributed by atoms with van der Waals surface area (Å²) >= 11 is 0. The lowest BCUT2D eigenvalue weighted by atomic mass is 10.2. The molecule has 18 heavy (non-hydrogen) atoms. The lowest BCUT2D eigenvalue weighted by Crippen LogP contribution is -2.02. The monoisotopic (exact) mass is 242 g/mol. The van der Waals surface area contributed by atoms with Crippen molar-refractivity contribution >= 4 is 0 Å². The Morgan fingerprint density at radius 1 is 1.11 bits per heavy atom. The van der Waals surface area contributed by atoms with Crippen LogP contribution in [0, 0.1) is 6.92 Å². The van der Waals surface area contributed by atoms with Crippen LogP contribution in [0.15, 0.2) is 36.4 Å². The van der Waals surface area contributed by atoms with Gasteiger partial charge in [0.05, 0.1) is 0 Å². The van der Waals surface area contributed by atoms with Gasteiger partial charge in [0.25, 0.3) is 0 Å². The van der Waals surface area contributed by atoms with Crippen molar-refractivity contribution in [1.82, 2.24) is 4.98 Å². The fraction of sp³-hybridized carbons (Fsp3) is 0.267. The molecule has 1 aromatic carbocycles. The van der Waals surface area contributed by atoms with Crippen molar-refractivity contribution in [2.75, 3.05) is 0 Å². The number of nitrogens with zero attached hydrogens (tertiary/aromatic N) is 1. The number of ether oxygens (including phenoxy) is 1. The maximum absolute atomic E-state index is 5.79. The van der Waals surface area contributed by atoms with Crippen LogP contribution in [0.2, 0.25) is 0 Å². The second kappa shape index (κ2) is 5.65. The summed E-state index contributed by atoms with van der Waals surface area (Å²) in [5, 5.41) is 0. The molecule has 0 radical (unpaired) electrons. The highest BCUT2D eigenvalue weighted by Gasteiger charge is 2.05. The summed E-state index contributed by atoms with van der Waals surface area (Å²) in [5.41, 5.74) is 8.81. The Bertz CT molecular complexity index is 521. The first-order valence-electron chi connectivity index (χ1n) is 6.16. The summed E-state index contributed by atoms with van der Waals surface area (Å²) in [6.07, 6.45) is 1.02. The van der Waals surface area contributed by atoms with Gasteiger partial charge in [-0.3, -0.25) is 0 Å². The summed E-state index contributed by atoms with van der Waals surface area (Å²) in [7, 11) is 0. The van der Waals surface area contributed by atoms with E-state index in [1.165, 1.54) is 5.56 Å². The molecule has 0 bridgehead atoms. The van der Waals surface area contributed by atoms with Crippen molar-refractivity contribution in [2.24, 2.45) is 5.73 Å². The smallest absolute Gasteiger partial charge is 0.223 e. The highest BCUT2D eigenvalue weighted by molar-refractivity contribution is 5.34. The summed E-state index contributed by atoms with van der Waals surface area (Å²) in [5.74, 6) is 1.39. The predicted octanol–water partition coefficient (Wildman–Crippen LogP) is 3.20. The van der Waals surface area contributed by atoms with Gasteiger partial charge in [-0.15, -0.1) is 0 Å². The van der Waals surface area contributed by atoms with E-state index in [1.807, 2.05) is 31.2 Å². The third kappa shape index (κ3) is 2.87. The van der Waals surface area contributed by atoms with Gasteiger partial charge in [0.1, 0.15) is 5.75 Å². The minimum Gasteiger partial charge on any atom is -0.439 e. The predicted molar refractivity (Wildman–Crippen MR) is 72.8 cm³/mol. The Balaban J connectivity index is 2.24. The van der Waals surface area contributed by atoms with Crippen molar-refractivity contribution < 1.29 is 4.74 Å². The first kappa shape index (κ1) is 12.6. The van der Waals surface area contributed by atoms with Crippen molar-refractivity contribution in [3.63, 3.8) is 0 Å². The summed E-state index contributed by atoms with van der Waals surface area (Å²) in [6.45, 7) is 4.49. The van der Waals surface area contributed by atoms with Crippen molar-refractivity contribution in [3.05, 3.63) is 53.2 Å². The summed E-state index contributed by atoms with van der Waals surface area (Å²) < 4.78 is 5.79. The highest BCUT2D eigenvalue weighted by Crippen LogP contribution is 2.23. The second-order valence-electron chi connectivity index (χ2n) is 4.22. The average molecular weight is 242 g/mol. The van der Waals surface area contributed by atoms with Crippen LogP contribution in [-0.2, 0) is 13.0 Å². The van der Waals surface area contributed by atoms with Gasteiger partial charge in [0.2, 0.25) is 5.88 Å². The zero-order valence-corrected chi connectivity index (χ0v) is 10.8. The zero-order valence-electron chi connectivity index (χ0n) is 10.8. The Kier molecular flexibility index (Phi) is 3.95. The molecular weight excluding hydrogens is 224 g/mol. The average Bonchev–Trinajstić information content (AvgIpc) is 2.40. The van der Waals surface area contributed by atoms with E-state index in [9.17, 15) is 0 Å². The van der Waals surface area contributed by atoms with Gasteiger partial charge in [0.15, 0.2) is 0 Å². The van der Waals surface area contributed by atoms with Crippen LogP contribution in [0.4, 0.5) is 0 Å². The fourth-order valence-corrected chi connectivity index (χ4v) is 1.71. The van der Waals surface area contributed by atoms with Crippen LogP contribution in [-0.4, -0.2) is 4.98 Å². The fourth-order valence-electron chi connectivity index (χ4n) is 1.71. The summed E-state index contributed by atoms with van der Waals surface area (Å²) in [4.78, 5) is 4.38. The van der Waals surface area contributed by atoms with E-state index in [4.69, 9.17) is 10.5 Å². The molecule has 3 heteroatoms. The van der Waals surface area contributed by atoms with Gasteiger partial charge < -0.3 is 10.5 Å². The lowest BCUT2D eigenvalue weighted by molar-refractivity contribution is 0.455. The molecule has 1 aromatic heterocycles. The Morgan fingerprint density at radius 2 is 1.83 bits per heavy atom. The molecule has 3 nitrogen and oxygen atoms in total. The molecule has 94 valence electrons. The van der Waals surface area contributed by atoms with Gasteiger partial charge in [-0.2, -0.15) is 0 Å². The Hall–Kier alpha value is -1.87. The molecule has 1 heterocycles. The van der Waals surface area contributed by atoms with E-state index in [2.05, 4.69) is 24.0 Å². The topological polar surface area (TPSA) is 48.1 Å². The molecule has 2 rings (SSSR count). The van der Waals surface area contributed by atoms with E-state index in [-0.39, 0.29) is 0 Å². The Morgan fingerprint density at radius 3 is 2.44 bits per heavy atom. The minimum absolute atomic E-state index is 0.426. The molecule has 2 aromatic rings. The van der Waals surface area contributed by atoms with Gasteiger partial charge in [-0.25, -0.2) is 4.98 Å². The number of aromatic nitrogens is 1.